The van der Waals surface area contributed by atoms with E-state index in [1.807, 2.05) is 0 Å². The molecule has 1 heterocycles. The molecule has 1 unspecified atom stereocenters. The molecule has 0 aromatic rings. The monoisotopic (exact) mass is 414 g/mol. The van der Waals surface area contributed by atoms with E-state index in [2.05, 4.69) is 6.92 Å². The lowest BCUT2D eigenvalue weighted by atomic mass is 10.0. The lowest BCUT2D eigenvalue weighted by Gasteiger charge is -2.20. The van der Waals surface area contributed by atoms with Crippen LogP contribution in [0.1, 0.15) is 103 Å². The summed E-state index contributed by atoms with van der Waals surface area (Å²) in [4.78, 5) is 23.1. The van der Waals surface area contributed by atoms with E-state index in [9.17, 15) is 14.7 Å². The van der Waals surface area contributed by atoms with Crippen molar-refractivity contribution in [3.05, 3.63) is 0 Å². The van der Waals surface area contributed by atoms with Crippen molar-refractivity contribution in [3.63, 3.8) is 0 Å². The van der Waals surface area contributed by atoms with Crippen LogP contribution >= 0.6 is 0 Å². The summed E-state index contributed by atoms with van der Waals surface area (Å²) in [6.07, 6.45) is 15.6. The molecule has 0 aromatic carbocycles. The number of esters is 1. The summed E-state index contributed by atoms with van der Waals surface area (Å²) in [6.45, 7) is 2.02. The molecule has 29 heavy (non-hydrogen) atoms. The Balaban J connectivity index is 1.91. The van der Waals surface area contributed by atoms with Crippen LogP contribution in [-0.2, 0) is 19.1 Å². The van der Waals surface area contributed by atoms with Crippen molar-refractivity contribution in [1.29, 1.82) is 0 Å². The van der Waals surface area contributed by atoms with Gasteiger partial charge in [-0.25, -0.2) is 4.79 Å². The molecule has 3 atom stereocenters. The number of carbonyl (C=O) groups is 2. The summed E-state index contributed by atoms with van der Waals surface area (Å²) in [5, 5.41) is 18.6. The number of ether oxygens (including phenoxy) is 2. The number of unbranched alkanes of at least 4 members (excludes halogenated alkanes) is 14. The van der Waals surface area contributed by atoms with Gasteiger partial charge >= 0.3 is 5.97 Å². The van der Waals surface area contributed by atoms with Crippen LogP contribution in [0.15, 0.2) is 0 Å². The normalized spacial score (nSPS) is 20.2. The highest BCUT2D eigenvalue weighted by Crippen LogP contribution is 2.19. The van der Waals surface area contributed by atoms with Crippen LogP contribution < -0.4 is 0 Å². The van der Waals surface area contributed by atoms with Gasteiger partial charge in [0.25, 0.3) is 5.78 Å². The third-order valence-corrected chi connectivity index (χ3v) is 5.61. The highest BCUT2D eigenvalue weighted by atomic mass is 16.6. The predicted molar refractivity (Wildman–Crippen MR) is 113 cm³/mol. The quantitative estimate of drug-likeness (QED) is 0.188. The lowest BCUT2D eigenvalue weighted by Crippen LogP contribution is -2.41. The van der Waals surface area contributed by atoms with Gasteiger partial charge in [0.15, 0.2) is 12.2 Å². The van der Waals surface area contributed by atoms with Crippen LogP contribution in [-0.4, -0.2) is 53.5 Å². The Hall–Kier alpha value is -0.980. The van der Waals surface area contributed by atoms with Gasteiger partial charge in [-0.1, -0.05) is 96.8 Å². The van der Waals surface area contributed by atoms with Crippen LogP contribution in [0.4, 0.5) is 0 Å². The first kappa shape index (κ1) is 26.1. The van der Waals surface area contributed by atoms with Crippen LogP contribution in [0, 0.1) is 0 Å². The average molecular weight is 415 g/mol. The molecule has 0 spiro atoms. The number of aliphatic hydroxyl groups excluding tert-OH is 2. The number of Topliss-reactive ketones (excluding diaryl/α,β-unsaturated/α-hetero) is 1. The zero-order valence-corrected chi connectivity index (χ0v) is 18.3. The number of hydrogen-bond donors (Lipinski definition) is 2. The first-order chi connectivity index (χ1) is 14.1. The molecule has 6 heteroatoms. The number of hydrogen-bond acceptors (Lipinski definition) is 6. The van der Waals surface area contributed by atoms with Crippen LogP contribution in [0.2, 0.25) is 0 Å². The summed E-state index contributed by atoms with van der Waals surface area (Å²) >= 11 is 0. The molecule has 0 aromatic heterocycles. The zero-order chi connectivity index (χ0) is 21.3. The molecular weight excluding hydrogens is 372 g/mol. The fourth-order valence-corrected chi connectivity index (χ4v) is 3.75. The second-order valence-electron chi connectivity index (χ2n) is 8.23. The first-order valence-electron chi connectivity index (χ1n) is 11.8. The molecule has 1 saturated heterocycles. The second kappa shape index (κ2) is 16.8. The van der Waals surface area contributed by atoms with Gasteiger partial charge in [0, 0.05) is 6.61 Å². The highest BCUT2D eigenvalue weighted by Gasteiger charge is 2.47. The fourth-order valence-electron chi connectivity index (χ4n) is 3.75. The maximum atomic E-state index is 11.7. The third kappa shape index (κ3) is 11.1. The Morgan fingerprint density at radius 1 is 0.828 bits per heavy atom. The van der Waals surface area contributed by atoms with Crippen molar-refractivity contribution in [3.8, 4) is 0 Å². The molecule has 1 rings (SSSR count). The first-order valence-corrected chi connectivity index (χ1v) is 11.8. The van der Waals surface area contributed by atoms with Gasteiger partial charge in [0.05, 0.1) is 6.61 Å². The van der Waals surface area contributed by atoms with Gasteiger partial charge < -0.3 is 19.7 Å². The molecule has 1 aliphatic heterocycles. The van der Waals surface area contributed by atoms with E-state index in [0.717, 1.165) is 19.3 Å². The fraction of sp³-hybridized carbons (Fsp3) is 0.913. The van der Waals surface area contributed by atoms with Gasteiger partial charge in [0.1, 0.15) is 6.10 Å². The maximum Gasteiger partial charge on any atom is 0.378 e. The minimum atomic E-state index is -1.29. The van der Waals surface area contributed by atoms with Crippen molar-refractivity contribution in [1.82, 2.24) is 0 Å². The Kier molecular flexibility index (Phi) is 15.1. The number of cyclic esters (lactones) is 1. The maximum absolute atomic E-state index is 11.7. The van der Waals surface area contributed by atoms with Crippen molar-refractivity contribution < 1.29 is 29.3 Å². The topological polar surface area (TPSA) is 93.1 Å². The SMILES string of the molecule is CCCCCCCCCCCCCCCCCOC1C(=O)C(=O)O[C@@H]1[C@@H](O)CO. The highest BCUT2D eigenvalue weighted by molar-refractivity contribution is 6.37. The third-order valence-electron chi connectivity index (χ3n) is 5.61. The molecule has 1 fully saturated rings. The van der Waals surface area contributed by atoms with Crippen molar-refractivity contribution in [2.24, 2.45) is 0 Å². The van der Waals surface area contributed by atoms with Gasteiger partial charge in [-0.15, -0.1) is 0 Å². The molecule has 0 radical (unpaired) electrons. The molecule has 0 aliphatic carbocycles. The molecule has 0 amide bonds. The molecule has 2 N–H and O–H groups in total. The molecule has 6 nitrogen and oxygen atoms in total. The average Bonchev–Trinajstić information content (AvgIpc) is 3.01. The van der Waals surface area contributed by atoms with Crippen molar-refractivity contribution in [2.75, 3.05) is 13.2 Å². The summed E-state index contributed by atoms with van der Waals surface area (Å²) < 4.78 is 10.3. The Morgan fingerprint density at radius 3 is 1.72 bits per heavy atom. The smallest absolute Gasteiger partial charge is 0.378 e. The van der Waals surface area contributed by atoms with E-state index in [1.165, 1.54) is 77.0 Å². The Labute approximate surface area is 176 Å². The molecular formula is C23H42O6. The van der Waals surface area contributed by atoms with E-state index in [-0.39, 0.29) is 0 Å². The molecule has 0 bridgehead atoms. The van der Waals surface area contributed by atoms with E-state index in [1.54, 1.807) is 0 Å². The van der Waals surface area contributed by atoms with Crippen molar-refractivity contribution in [2.45, 2.75) is 122 Å². The van der Waals surface area contributed by atoms with Gasteiger partial charge in [0.2, 0.25) is 0 Å². The minimum absolute atomic E-state index is 0.347. The Bertz CT molecular complexity index is 439. The number of ketones is 1. The van der Waals surface area contributed by atoms with E-state index < -0.39 is 36.7 Å². The molecule has 1 aliphatic rings. The van der Waals surface area contributed by atoms with Gasteiger partial charge in [-0.3, -0.25) is 4.79 Å². The van der Waals surface area contributed by atoms with E-state index in [4.69, 9.17) is 14.6 Å². The lowest BCUT2D eigenvalue weighted by molar-refractivity contribution is -0.152. The second-order valence-corrected chi connectivity index (χ2v) is 8.23. The van der Waals surface area contributed by atoms with Crippen LogP contribution in [0.25, 0.3) is 0 Å². The van der Waals surface area contributed by atoms with Crippen LogP contribution in [0.5, 0.6) is 0 Å². The number of carbonyl (C=O) groups excluding carboxylic acids is 2. The van der Waals surface area contributed by atoms with Crippen LogP contribution in [0.3, 0.4) is 0 Å². The number of rotatable bonds is 19. The summed E-state index contributed by atoms with van der Waals surface area (Å²) in [5.74, 6) is -1.77. The van der Waals surface area contributed by atoms with Gasteiger partial charge in [-0.2, -0.15) is 0 Å². The predicted octanol–water partition coefficient (Wildman–Crippen LogP) is 4.09. The van der Waals surface area contributed by atoms with E-state index >= 15 is 0 Å². The van der Waals surface area contributed by atoms with Crippen molar-refractivity contribution >= 4 is 11.8 Å². The standard InChI is InChI=1S/C23H42O6/c1-2-3-4-5-6-7-8-9-10-11-12-13-14-15-16-17-28-22-20(26)23(27)29-21(22)19(25)18-24/h19,21-22,24-25H,2-18H2,1H3/t19-,21+,22?/m0/s1. The molecule has 0 saturated carbocycles. The zero-order valence-electron chi connectivity index (χ0n) is 18.3. The largest absolute Gasteiger partial charge is 0.450 e. The minimum Gasteiger partial charge on any atom is -0.450 e. The van der Waals surface area contributed by atoms with E-state index in [0.29, 0.717) is 6.61 Å². The van der Waals surface area contributed by atoms with Gasteiger partial charge in [-0.05, 0) is 6.42 Å². The number of aliphatic hydroxyl groups is 2. The summed E-state index contributed by atoms with van der Waals surface area (Å²) in [6, 6.07) is 0. The summed E-state index contributed by atoms with van der Waals surface area (Å²) in [5.41, 5.74) is 0. The Morgan fingerprint density at radius 2 is 1.28 bits per heavy atom. The summed E-state index contributed by atoms with van der Waals surface area (Å²) in [7, 11) is 0. The molecule has 170 valence electrons.